The van der Waals surface area contributed by atoms with Crippen molar-refractivity contribution in [3.63, 3.8) is 0 Å². The largest absolute Gasteiger partial charge is 0.300 e. The Hall–Kier alpha value is -0.590. The van der Waals surface area contributed by atoms with Crippen LogP contribution in [0.25, 0.3) is 0 Å². The molecule has 1 heteroatoms. The quantitative estimate of drug-likeness (QED) is 0.569. The van der Waals surface area contributed by atoms with Crippen LogP contribution in [-0.4, -0.2) is 5.78 Å². The van der Waals surface area contributed by atoms with E-state index in [-0.39, 0.29) is 5.92 Å². The molecule has 0 spiro atoms. The number of hydrogen-bond acceptors (Lipinski definition) is 1. The molecular weight excluding hydrogens is 136 g/mol. The molecule has 0 aliphatic rings. The summed E-state index contributed by atoms with van der Waals surface area (Å²) in [5.74, 6) is 0.526. The zero-order valence-corrected chi connectivity index (χ0v) is 7.98. The molecule has 0 N–H and O–H groups in total. The van der Waals surface area contributed by atoms with Crippen molar-refractivity contribution in [2.45, 2.75) is 40.5 Å². The molecule has 0 radical (unpaired) electrons. The molecule has 0 amide bonds. The first kappa shape index (κ1) is 10.4. The Kier molecular flexibility index (Phi) is 4.84. The highest BCUT2D eigenvalue weighted by Crippen LogP contribution is 2.08. The Morgan fingerprint density at radius 3 is 2.27 bits per heavy atom. The zero-order chi connectivity index (χ0) is 8.85. The molecule has 0 aromatic heterocycles. The van der Waals surface area contributed by atoms with Gasteiger partial charge in [0.15, 0.2) is 0 Å². The fourth-order valence-electron chi connectivity index (χ4n) is 0.825. The number of hydrogen-bond donors (Lipinski definition) is 0. The Balaban J connectivity index is 3.55. The average Bonchev–Trinajstić information content (AvgIpc) is 1.86. The van der Waals surface area contributed by atoms with Gasteiger partial charge >= 0.3 is 0 Å². The lowest BCUT2D eigenvalue weighted by Gasteiger charge is -2.03. The Bertz CT molecular complexity index is 152. The standard InChI is InChI=1S/C10H18O/c1-8(2)6-5-7-9(3)10(4)11/h6,9H,5,7H2,1-4H3/t9-/m0/s1. The van der Waals surface area contributed by atoms with Gasteiger partial charge in [-0.15, -0.1) is 0 Å². The monoisotopic (exact) mass is 154 g/mol. The van der Waals surface area contributed by atoms with Crippen molar-refractivity contribution in [1.29, 1.82) is 0 Å². The van der Waals surface area contributed by atoms with E-state index in [0.29, 0.717) is 5.78 Å². The van der Waals surface area contributed by atoms with Gasteiger partial charge in [0.1, 0.15) is 5.78 Å². The molecule has 0 rings (SSSR count). The van der Waals surface area contributed by atoms with E-state index in [1.54, 1.807) is 6.92 Å². The molecule has 0 saturated carbocycles. The van der Waals surface area contributed by atoms with Crippen LogP contribution in [0, 0.1) is 5.92 Å². The minimum absolute atomic E-state index is 0.227. The molecule has 0 fully saturated rings. The van der Waals surface area contributed by atoms with E-state index >= 15 is 0 Å². The summed E-state index contributed by atoms with van der Waals surface area (Å²) >= 11 is 0. The summed E-state index contributed by atoms with van der Waals surface area (Å²) in [6.45, 7) is 7.81. The van der Waals surface area contributed by atoms with Gasteiger partial charge in [-0.05, 0) is 33.6 Å². The second-order valence-corrected chi connectivity index (χ2v) is 3.37. The summed E-state index contributed by atoms with van der Waals surface area (Å²) in [5.41, 5.74) is 1.33. The lowest BCUT2D eigenvalue weighted by atomic mass is 10.0. The summed E-state index contributed by atoms with van der Waals surface area (Å²) in [4.78, 5) is 10.8. The Labute approximate surface area is 69.5 Å². The fraction of sp³-hybridized carbons (Fsp3) is 0.700. The zero-order valence-electron chi connectivity index (χ0n) is 7.98. The maximum atomic E-state index is 10.8. The number of carbonyl (C=O) groups excluding carboxylic acids is 1. The van der Waals surface area contributed by atoms with Crippen molar-refractivity contribution in [3.05, 3.63) is 11.6 Å². The number of Topliss-reactive ketones (excluding diaryl/α,β-unsaturated/α-hetero) is 1. The molecule has 11 heavy (non-hydrogen) atoms. The highest BCUT2D eigenvalue weighted by atomic mass is 16.1. The summed E-state index contributed by atoms with van der Waals surface area (Å²) in [7, 11) is 0. The fourth-order valence-corrected chi connectivity index (χ4v) is 0.825. The Morgan fingerprint density at radius 2 is 1.91 bits per heavy atom. The van der Waals surface area contributed by atoms with Crippen LogP contribution in [0.5, 0.6) is 0 Å². The predicted octanol–water partition coefficient (Wildman–Crippen LogP) is 2.96. The molecule has 0 saturated heterocycles. The minimum Gasteiger partial charge on any atom is -0.300 e. The summed E-state index contributed by atoms with van der Waals surface area (Å²) in [6, 6.07) is 0. The predicted molar refractivity (Wildman–Crippen MR) is 48.5 cm³/mol. The lowest BCUT2D eigenvalue weighted by Crippen LogP contribution is -2.04. The number of rotatable bonds is 4. The van der Waals surface area contributed by atoms with E-state index in [0.717, 1.165) is 12.8 Å². The van der Waals surface area contributed by atoms with Gasteiger partial charge < -0.3 is 0 Å². The van der Waals surface area contributed by atoms with E-state index in [9.17, 15) is 4.79 Å². The summed E-state index contributed by atoms with van der Waals surface area (Å²) in [5, 5.41) is 0. The molecule has 0 aliphatic carbocycles. The van der Waals surface area contributed by atoms with E-state index < -0.39 is 0 Å². The minimum atomic E-state index is 0.227. The van der Waals surface area contributed by atoms with Gasteiger partial charge in [0.05, 0.1) is 0 Å². The SMILES string of the molecule is CC(=O)[C@@H](C)CCC=C(C)C. The first-order chi connectivity index (χ1) is 5.04. The van der Waals surface area contributed by atoms with Gasteiger partial charge in [-0.2, -0.15) is 0 Å². The number of carbonyl (C=O) groups is 1. The molecule has 64 valence electrons. The van der Waals surface area contributed by atoms with Gasteiger partial charge in [-0.25, -0.2) is 0 Å². The van der Waals surface area contributed by atoms with Gasteiger partial charge in [-0.3, -0.25) is 4.79 Å². The normalized spacial score (nSPS) is 12.4. The van der Waals surface area contributed by atoms with E-state index in [4.69, 9.17) is 0 Å². The summed E-state index contributed by atoms with van der Waals surface area (Å²) in [6.07, 6.45) is 4.20. The van der Waals surface area contributed by atoms with Crippen LogP contribution in [-0.2, 0) is 4.79 Å². The highest BCUT2D eigenvalue weighted by molar-refractivity contribution is 5.77. The van der Waals surface area contributed by atoms with Gasteiger partial charge in [0.25, 0.3) is 0 Å². The van der Waals surface area contributed by atoms with Crippen LogP contribution in [0.4, 0.5) is 0 Å². The van der Waals surface area contributed by atoms with Crippen molar-refractivity contribution in [3.8, 4) is 0 Å². The van der Waals surface area contributed by atoms with Crippen LogP contribution in [0.2, 0.25) is 0 Å². The molecule has 0 aromatic carbocycles. The van der Waals surface area contributed by atoms with Gasteiger partial charge in [0, 0.05) is 5.92 Å². The third-order valence-corrected chi connectivity index (χ3v) is 1.85. The van der Waals surface area contributed by atoms with Crippen LogP contribution < -0.4 is 0 Å². The lowest BCUT2D eigenvalue weighted by molar-refractivity contribution is -0.120. The van der Waals surface area contributed by atoms with Crippen LogP contribution in [0.15, 0.2) is 11.6 Å². The Morgan fingerprint density at radius 1 is 1.36 bits per heavy atom. The van der Waals surface area contributed by atoms with Gasteiger partial charge in [-0.1, -0.05) is 18.6 Å². The molecule has 0 aliphatic heterocycles. The molecule has 0 heterocycles. The molecule has 0 bridgehead atoms. The van der Waals surface area contributed by atoms with Crippen molar-refractivity contribution in [2.24, 2.45) is 5.92 Å². The van der Waals surface area contributed by atoms with Crippen LogP contribution in [0.3, 0.4) is 0 Å². The third kappa shape index (κ3) is 5.84. The third-order valence-electron chi connectivity index (χ3n) is 1.85. The second kappa shape index (κ2) is 5.11. The first-order valence-corrected chi connectivity index (χ1v) is 4.18. The molecular formula is C10H18O. The summed E-state index contributed by atoms with van der Waals surface area (Å²) < 4.78 is 0. The van der Waals surface area contributed by atoms with E-state index in [1.165, 1.54) is 5.57 Å². The van der Waals surface area contributed by atoms with Crippen molar-refractivity contribution < 1.29 is 4.79 Å². The van der Waals surface area contributed by atoms with Crippen molar-refractivity contribution in [1.82, 2.24) is 0 Å². The maximum absolute atomic E-state index is 10.8. The van der Waals surface area contributed by atoms with Crippen molar-refractivity contribution in [2.75, 3.05) is 0 Å². The number of ketones is 1. The van der Waals surface area contributed by atoms with Crippen LogP contribution in [0.1, 0.15) is 40.5 Å². The van der Waals surface area contributed by atoms with Gasteiger partial charge in [0.2, 0.25) is 0 Å². The van der Waals surface area contributed by atoms with E-state index in [2.05, 4.69) is 19.9 Å². The smallest absolute Gasteiger partial charge is 0.132 e. The molecule has 1 nitrogen and oxygen atoms in total. The van der Waals surface area contributed by atoms with E-state index in [1.807, 2.05) is 6.92 Å². The first-order valence-electron chi connectivity index (χ1n) is 4.18. The highest BCUT2D eigenvalue weighted by Gasteiger charge is 2.04. The average molecular weight is 154 g/mol. The molecule has 1 atom stereocenters. The van der Waals surface area contributed by atoms with Crippen molar-refractivity contribution >= 4 is 5.78 Å². The number of allylic oxidation sites excluding steroid dienone is 2. The molecule has 0 aromatic rings. The maximum Gasteiger partial charge on any atom is 0.132 e. The topological polar surface area (TPSA) is 17.1 Å². The van der Waals surface area contributed by atoms with Crippen LogP contribution >= 0.6 is 0 Å². The molecule has 0 unspecified atom stereocenters. The second-order valence-electron chi connectivity index (χ2n) is 3.37.